The summed E-state index contributed by atoms with van der Waals surface area (Å²) in [6.45, 7) is 12.2. The predicted octanol–water partition coefficient (Wildman–Crippen LogP) is 6.26. The van der Waals surface area contributed by atoms with E-state index in [0.29, 0.717) is 24.7 Å². The Morgan fingerprint density at radius 1 is 1.12 bits per heavy atom. The molecule has 6 atom stereocenters. The van der Waals surface area contributed by atoms with Gasteiger partial charge >= 0.3 is 0 Å². The summed E-state index contributed by atoms with van der Waals surface area (Å²) in [6.07, 6.45) is 9.50. The smallest absolute Gasteiger partial charge is 0.0811 e. The molecular formula is C31H42O3. The first-order valence-electron chi connectivity index (χ1n) is 13.0. The van der Waals surface area contributed by atoms with Crippen LogP contribution in [0.1, 0.15) is 89.9 Å². The zero-order valence-corrected chi connectivity index (χ0v) is 21.3. The van der Waals surface area contributed by atoms with Gasteiger partial charge in [0.2, 0.25) is 0 Å². The zero-order valence-electron chi connectivity index (χ0n) is 21.3. The van der Waals surface area contributed by atoms with Crippen molar-refractivity contribution < 1.29 is 15.3 Å². The Labute approximate surface area is 206 Å². The second-order valence-electron chi connectivity index (χ2n) is 10.2. The SMILES string of the molecule is C=C1/C(=C\C=C2/CCCC3(C)C(C#Cc4ccc(C(C)O)cc4)CCC23)CC(O)CC1O.CC. The first-order valence-corrected chi connectivity index (χ1v) is 13.0. The van der Waals surface area contributed by atoms with Crippen molar-refractivity contribution in [2.45, 2.75) is 91.0 Å². The minimum atomic E-state index is -0.638. The van der Waals surface area contributed by atoms with Gasteiger partial charge in [0.25, 0.3) is 0 Å². The van der Waals surface area contributed by atoms with Gasteiger partial charge in [0.1, 0.15) is 0 Å². The van der Waals surface area contributed by atoms with E-state index in [2.05, 4.69) is 37.5 Å². The second-order valence-corrected chi connectivity index (χ2v) is 10.2. The lowest BCUT2D eigenvalue weighted by molar-refractivity contribution is 0.0862. The minimum Gasteiger partial charge on any atom is -0.393 e. The van der Waals surface area contributed by atoms with Crippen molar-refractivity contribution in [3.63, 3.8) is 0 Å². The Balaban J connectivity index is 0.00000158. The van der Waals surface area contributed by atoms with Crippen molar-refractivity contribution in [1.82, 2.24) is 0 Å². The first-order chi connectivity index (χ1) is 16.3. The van der Waals surface area contributed by atoms with E-state index in [1.54, 1.807) is 6.92 Å². The van der Waals surface area contributed by atoms with Crippen LogP contribution in [0.25, 0.3) is 0 Å². The minimum absolute atomic E-state index is 0.192. The molecule has 6 unspecified atom stereocenters. The molecule has 3 heteroatoms. The molecule has 0 radical (unpaired) electrons. The number of allylic oxidation sites excluding steroid dienone is 3. The molecule has 1 aromatic carbocycles. The van der Waals surface area contributed by atoms with Crippen molar-refractivity contribution in [2.24, 2.45) is 17.3 Å². The predicted molar refractivity (Wildman–Crippen MR) is 140 cm³/mol. The number of aliphatic hydroxyl groups excluding tert-OH is 3. The van der Waals surface area contributed by atoms with Gasteiger partial charge in [0, 0.05) is 17.9 Å². The summed E-state index contributed by atoms with van der Waals surface area (Å²) in [5, 5.41) is 29.9. The van der Waals surface area contributed by atoms with Crippen LogP contribution in [0, 0.1) is 29.1 Å². The van der Waals surface area contributed by atoms with Gasteiger partial charge in [0.15, 0.2) is 0 Å². The number of hydrogen-bond donors (Lipinski definition) is 3. The summed E-state index contributed by atoms with van der Waals surface area (Å²) in [4.78, 5) is 0. The van der Waals surface area contributed by atoms with Gasteiger partial charge < -0.3 is 15.3 Å². The van der Waals surface area contributed by atoms with Crippen LogP contribution in [0.3, 0.4) is 0 Å². The fraction of sp³-hybridized carbons (Fsp3) is 0.548. The maximum Gasteiger partial charge on any atom is 0.0811 e. The molecule has 184 valence electrons. The van der Waals surface area contributed by atoms with Crippen molar-refractivity contribution >= 4 is 0 Å². The monoisotopic (exact) mass is 462 g/mol. The van der Waals surface area contributed by atoms with Crippen LogP contribution in [0.15, 0.2) is 59.7 Å². The normalized spacial score (nSPS) is 34.0. The van der Waals surface area contributed by atoms with Gasteiger partial charge in [-0.3, -0.25) is 0 Å². The lowest BCUT2D eigenvalue weighted by Crippen LogP contribution is -2.32. The lowest BCUT2D eigenvalue weighted by Gasteiger charge is -2.40. The van der Waals surface area contributed by atoms with E-state index in [0.717, 1.165) is 41.5 Å². The van der Waals surface area contributed by atoms with E-state index in [4.69, 9.17) is 0 Å². The number of rotatable bonds is 2. The van der Waals surface area contributed by atoms with Crippen LogP contribution < -0.4 is 0 Å². The molecule has 1 aromatic rings. The van der Waals surface area contributed by atoms with Crippen LogP contribution in [0.5, 0.6) is 0 Å². The van der Waals surface area contributed by atoms with E-state index in [1.807, 2.05) is 38.1 Å². The lowest BCUT2D eigenvalue weighted by atomic mass is 9.63. The van der Waals surface area contributed by atoms with Crippen LogP contribution in [-0.4, -0.2) is 27.5 Å². The molecule has 0 saturated heterocycles. The van der Waals surface area contributed by atoms with Crippen molar-refractivity contribution in [2.75, 3.05) is 0 Å². The van der Waals surface area contributed by atoms with Crippen LogP contribution in [0.4, 0.5) is 0 Å². The highest BCUT2D eigenvalue weighted by atomic mass is 16.3. The quantitative estimate of drug-likeness (QED) is 0.455. The van der Waals surface area contributed by atoms with Crippen LogP contribution in [-0.2, 0) is 0 Å². The maximum absolute atomic E-state index is 10.1. The molecule has 0 amide bonds. The third-order valence-corrected chi connectivity index (χ3v) is 8.01. The van der Waals surface area contributed by atoms with Gasteiger partial charge in [-0.05, 0) is 85.6 Å². The Kier molecular flexibility index (Phi) is 8.99. The highest BCUT2D eigenvalue weighted by Crippen LogP contribution is 2.57. The first kappa shape index (κ1) is 26.5. The molecule has 0 spiro atoms. The van der Waals surface area contributed by atoms with Crippen molar-refractivity contribution in [3.05, 3.63) is 70.8 Å². The second kappa shape index (κ2) is 11.5. The summed E-state index contributed by atoms with van der Waals surface area (Å²) in [5.74, 6) is 7.91. The van der Waals surface area contributed by atoms with E-state index in [1.165, 1.54) is 18.4 Å². The Morgan fingerprint density at radius 3 is 2.50 bits per heavy atom. The van der Waals surface area contributed by atoms with Gasteiger partial charge in [-0.25, -0.2) is 0 Å². The number of aliphatic hydroxyl groups is 3. The summed E-state index contributed by atoms with van der Waals surface area (Å²) >= 11 is 0. The van der Waals surface area contributed by atoms with E-state index in [-0.39, 0.29) is 5.41 Å². The van der Waals surface area contributed by atoms with E-state index in [9.17, 15) is 15.3 Å². The van der Waals surface area contributed by atoms with Gasteiger partial charge in [0.05, 0.1) is 18.3 Å². The number of benzene rings is 1. The molecule has 4 rings (SSSR count). The Hall–Kier alpha value is -2.12. The third-order valence-electron chi connectivity index (χ3n) is 8.01. The summed E-state index contributed by atoms with van der Waals surface area (Å²) in [6, 6.07) is 7.91. The molecule has 3 N–H and O–H groups in total. The fourth-order valence-electron chi connectivity index (χ4n) is 5.96. The molecule has 3 aliphatic rings. The summed E-state index contributed by atoms with van der Waals surface area (Å²) in [7, 11) is 0. The van der Waals surface area contributed by atoms with Gasteiger partial charge in [-0.1, -0.05) is 69.0 Å². The average molecular weight is 463 g/mol. The highest BCUT2D eigenvalue weighted by Gasteiger charge is 2.48. The molecule has 3 nitrogen and oxygen atoms in total. The molecule has 3 saturated carbocycles. The molecule has 34 heavy (non-hydrogen) atoms. The fourth-order valence-corrected chi connectivity index (χ4v) is 5.96. The molecule has 3 fully saturated rings. The Morgan fingerprint density at radius 2 is 1.82 bits per heavy atom. The maximum atomic E-state index is 10.1. The van der Waals surface area contributed by atoms with Gasteiger partial charge in [-0.15, -0.1) is 0 Å². The molecule has 0 heterocycles. The largest absolute Gasteiger partial charge is 0.393 e. The molecule has 0 aromatic heterocycles. The average Bonchev–Trinajstić information content (AvgIpc) is 3.17. The summed E-state index contributed by atoms with van der Waals surface area (Å²) < 4.78 is 0. The highest BCUT2D eigenvalue weighted by molar-refractivity contribution is 5.40. The van der Waals surface area contributed by atoms with Crippen LogP contribution in [0.2, 0.25) is 0 Å². The number of fused-ring (bicyclic) bond motifs is 1. The van der Waals surface area contributed by atoms with Crippen LogP contribution >= 0.6 is 0 Å². The molecule has 3 aliphatic carbocycles. The molecule has 0 bridgehead atoms. The third kappa shape index (κ3) is 5.74. The standard InChI is InChI=1S/C29H36O3.C2H6/c1-19-24(17-26(31)18-28(19)32)12-11-23-5-4-16-29(3)25(14-15-27(23)29)13-8-21-6-9-22(10-7-21)20(2)30;1-2/h6-7,9-12,20,25-28,30-32H,1,4-5,14-18H2,2-3H3;1-2H3/b23-11+,24-12-;. The molecular weight excluding hydrogens is 420 g/mol. The van der Waals surface area contributed by atoms with E-state index >= 15 is 0 Å². The summed E-state index contributed by atoms with van der Waals surface area (Å²) in [5.41, 5.74) is 5.33. The van der Waals surface area contributed by atoms with E-state index < -0.39 is 18.3 Å². The topological polar surface area (TPSA) is 60.7 Å². The Bertz CT molecular complexity index is 972. The van der Waals surface area contributed by atoms with Gasteiger partial charge in [-0.2, -0.15) is 0 Å². The van der Waals surface area contributed by atoms with Crippen molar-refractivity contribution in [1.29, 1.82) is 0 Å². The zero-order chi connectivity index (χ0) is 24.9. The van der Waals surface area contributed by atoms with Crippen molar-refractivity contribution in [3.8, 4) is 11.8 Å². The molecule has 0 aliphatic heterocycles. The number of hydrogen-bond acceptors (Lipinski definition) is 3.